The Morgan fingerprint density at radius 1 is 1.16 bits per heavy atom. The van der Waals surface area contributed by atoms with Crippen molar-refractivity contribution >= 4 is 33.5 Å². The summed E-state index contributed by atoms with van der Waals surface area (Å²) < 4.78 is 29.7. The number of pyridine rings is 1. The van der Waals surface area contributed by atoms with Crippen molar-refractivity contribution in [2.24, 2.45) is 0 Å². The molecule has 2 N–H and O–H groups in total. The maximum atomic E-state index is 12.8. The van der Waals surface area contributed by atoms with Gasteiger partial charge in [-0.05, 0) is 49.6 Å². The van der Waals surface area contributed by atoms with Gasteiger partial charge in [0, 0.05) is 18.5 Å². The number of hydrogen-bond acceptors (Lipinski definition) is 6. The largest absolute Gasteiger partial charge is 0.308 e. The van der Waals surface area contributed by atoms with Gasteiger partial charge in [0.25, 0.3) is 0 Å². The van der Waals surface area contributed by atoms with E-state index in [0.717, 1.165) is 11.3 Å². The zero-order chi connectivity index (χ0) is 22.3. The van der Waals surface area contributed by atoms with E-state index in [4.69, 9.17) is 0 Å². The predicted octanol–water partition coefficient (Wildman–Crippen LogP) is 2.67. The first kappa shape index (κ1) is 23.0. The number of hydrogen-bond donors (Lipinski definition) is 2. The highest BCUT2D eigenvalue weighted by molar-refractivity contribution is 7.98. The Morgan fingerprint density at radius 3 is 2.61 bits per heavy atom. The van der Waals surface area contributed by atoms with E-state index in [-0.39, 0.29) is 4.90 Å². The van der Waals surface area contributed by atoms with E-state index >= 15 is 0 Å². The lowest BCUT2D eigenvalue weighted by atomic mass is 10.2. The molecule has 3 aromatic rings. The molecule has 1 amide bonds. The maximum Gasteiger partial charge on any atom is 0.243 e. The van der Waals surface area contributed by atoms with Crippen molar-refractivity contribution in [2.75, 3.05) is 17.3 Å². The molecule has 1 unspecified atom stereocenters. The van der Waals surface area contributed by atoms with Crippen molar-refractivity contribution in [3.8, 4) is 0 Å². The van der Waals surface area contributed by atoms with Crippen LogP contribution in [0.15, 0.2) is 65.8 Å². The first-order chi connectivity index (χ1) is 14.9. The van der Waals surface area contributed by atoms with Crippen LogP contribution in [0.3, 0.4) is 0 Å². The van der Waals surface area contributed by atoms with Crippen LogP contribution in [0.2, 0.25) is 0 Å². The Bertz CT molecular complexity index is 1100. The van der Waals surface area contributed by atoms with E-state index in [2.05, 4.69) is 20.1 Å². The summed E-state index contributed by atoms with van der Waals surface area (Å²) in [5.74, 6) is 0.528. The van der Waals surface area contributed by atoms with E-state index in [1.165, 1.54) is 12.1 Å². The fraction of sp³-hybridized carbons (Fsp3) is 0.286. The summed E-state index contributed by atoms with van der Waals surface area (Å²) in [6, 6.07) is 12.9. The molecule has 8 nitrogen and oxygen atoms in total. The lowest BCUT2D eigenvalue weighted by molar-refractivity contribution is -0.117. The summed E-state index contributed by atoms with van der Waals surface area (Å²) in [5.41, 5.74) is 1.80. The van der Waals surface area contributed by atoms with Crippen molar-refractivity contribution in [1.82, 2.24) is 19.5 Å². The first-order valence-corrected chi connectivity index (χ1v) is 12.6. The molecule has 1 atom stereocenters. The number of nitrogens with zero attached hydrogens (tertiary/aromatic N) is 3. The van der Waals surface area contributed by atoms with Crippen molar-refractivity contribution in [2.45, 2.75) is 30.8 Å². The van der Waals surface area contributed by atoms with E-state index in [1.54, 1.807) is 47.0 Å². The highest BCUT2D eigenvalue weighted by atomic mass is 32.2. The van der Waals surface area contributed by atoms with Crippen LogP contribution in [-0.4, -0.2) is 47.1 Å². The quantitative estimate of drug-likeness (QED) is 0.483. The topological polar surface area (TPSA) is 106 Å². The van der Waals surface area contributed by atoms with Crippen LogP contribution in [-0.2, 0) is 21.4 Å². The minimum Gasteiger partial charge on any atom is -0.308 e. The number of nitrogens with one attached hydrogen (secondary N) is 2. The molecule has 0 radical (unpaired) electrons. The van der Waals surface area contributed by atoms with E-state index in [9.17, 15) is 13.2 Å². The normalized spacial score (nSPS) is 12.5. The van der Waals surface area contributed by atoms with Crippen LogP contribution in [0.4, 0.5) is 5.82 Å². The van der Waals surface area contributed by atoms with Crippen molar-refractivity contribution in [3.63, 3.8) is 0 Å². The van der Waals surface area contributed by atoms with E-state index < -0.39 is 22.0 Å². The summed E-state index contributed by atoms with van der Waals surface area (Å²) in [7, 11) is -3.83. The number of aromatic nitrogens is 3. The van der Waals surface area contributed by atoms with Crippen LogP contribution < -0.4 is 10.0 Å². The zero-order valence-corrected chi connectivity index (χ0v) is 19.0. The Kier molecular flexibility index (Phi) is 7.83. The summed E-state index contributed by atoms with van der Waals surface area (Å²) in [4.78, 5) is 17.2. The second kappa shape index (κ2) is 10.6. The van der Waals surface area contributed by atoms with Gasteiger partial charge in [-0.1, -0.05) is 23.8 Å². The molecule has 0 aliphatic heterocycles. The molecule has 1 aromatic carbocycles. The van der Waals surface area contributed by atoms with Gasteiger partial charge in [-0.3, -0.25) is 14.5 Å². The van der Waals surface area contributed by atoms with Crippen molar-refractivity contribution in [3.05, 3.63) is 72.2 Å². The van der Waals surface area contributed by atoms with Crippen molar-refractivity contribution < 1.29 is 13.2 Å². The lowest BCUT2D eigenvalue weighted by Crippen LogP contribution is -2.44. The van der Waals surface area contributed by atoms with Gasteiger partial charge in [-0.2, -0.15) is 21.6 Å². The number of benzene rings is 1. The number of carbonyl (C=O) groups excluding carboxylic acids is 1. The zero-order valence-electron chi connectivity index (χ0n) is 17.4. The highest BCUT2D eigenvalue weighted by Crippen LogP contribution is 2.14. The molecule has 2 aromatic heterocycles. The molecule has 0 aliphatic carbocycles. The van der Waals surface area contributed by atoms with E-state index in [1.807, 2.05) is 31.4 Å². The Balaban J connectivity index is 1.69. The number of aryl methyl sites for hydroxylation is 1. The van der Waals surface area contributed by atoms with Crippen LogP contribution in [0.5, 0.6) is 0 Å². The number of anilines is 1. The van der Waals surface area contributed by atoms with Crippen LogP contribution >= 0.6 is 11.8 Å². The van der Waals surface area contributed by atoms with Crippen LogP contribution in [0.1, 0.15) is 17.7 Å². The standard InChI is InChI=1S/C21H25N5O3S2/c1-16-6-8-18(9-7-16)31(28,29)25-19(11-14-30-2)21(27)23-20-10-13-26(24-20)15-17-5-3-4-12-22-17/h3-10,12-13,19,25H,11,14-15H2,1-2H3,(H,23,24,27). The number of carbonyl (C=O) groups is 1. The number of amides is 1. The molecule has 3 rings (SSSR count). The average molecular weight is 460 g/mol. The minimum atomic E-state index is -3.83. The highest BCUT2D eigenvalue weighted by Gasteiger charge is 2.26. The Hall–Kier alpha value is -2.69. The molecule has 0 spiro atoms. The number of thioether (sulfide) groups is 1. The predicted molar refractivity (Wildman–Crippen MR) is 122 cm³/mol. The molecule has 0 aliphatic rings. The maximum absolute atomic E-state index is 12.8. The molecule has 10 heteroatoms. The smallest absolute Gasteiger partial charge is 0.243 e. The van der Waals surface area contributed by atoms with Crippen LogP contribution in [0, 0.1) is 6.92 Å². The van der Waals surface area contributed by atoms with Gasteiger partial charge in [-0.15, -0.1) is 0 Å². The third kappa shape index (κ3) is 6.65. The third-order valence-corrected chi connectivity index (χ3v) is 6.63. The molecule has 2 heterocycles. The fourth-order valence-corrected chi connectivity index (χ4v) is 4.54. The van der Waals surface area contributed by atoms with Gasteiger partial charge >= 0.3 is 0 Å². The van der Waals surface area contributed by atoms with E-state index in [0.29, 0.717) is 24.5 Å². The number of sulfonamides is 1. The molecular formula is C21H25N5O3S2. The van der Waals surface area contributed by atoms with Gasteiger partial charge in [0.05, 0.1) is 17.1 Å². The summed E-state index contributed by atoms with van der Waals surface area (Å²) in [5, 5.41) is 7.05. The minimum absolute atomic E-state index is 0.125. The molecule has 0 saturated heterocycles. The number of rotatable bonds is 10. The Labute approximate surface area is 186 Å². The van der Waals surface area contributed by atoms with Gasteiger partial charge in [0.15, 0.2) is 5.82 Å². The monoisotopic (exact) mass is 459 g/mol. The Morgan fingerprint density at radius 2 is 1.94 bits per heavy atom. The summed E-state index contributed by atoms with van der Waals surface area (Å²) in [6.45, 7) is 2.35. The SMILES string of the molecule is CSCCC(NS(=O)(=O)c1ccc(C)cc1)C(=O)Nc1ccn(Cc2ccccn2)n1. The molecule has 0 saturated carbocycles. The average Bonchev–Trinajstić information content (AvgIpc) is 3.18. The van der Waals surface area contributed by atoms with Gasteiger partial charge in [0.1, 0.15) is 6.04 Å². The first-order valence-electron chi connectivity index (χ1n) is 9.69. The molecule has 31 heavy (non-hydrogen) atoms. The second-order valence-electron chi connectivity index (χ2n) is 6.98. The van der Waals surface area contributed by atoms with Gasteiger partial charge < -0.3 is 5.32 Å². The van der Waals surface area contributed by atoms with Crippen LogP contribution in [0.25, 0.3) is 0 Å². The molecular weight excluding hydrogens is 434 g/mol. The fourth-order valence-electron chi connectivity index (χ4n) is 2.84. The van der Waals surface area contributed by atoms with Gasteiger partial charge in [0.2, 0.25) is 15.9 Å². The molecule has 0 fully saturated rings. The van der Waals surface area contributed by atoms with Crippen molar-refractivity contribution in [1.29, 1.82) is 0 Å². The van der Waals surface area contributed by atoms with Gasteiger partial charge in [-0.25, -0.2) is 8.42 Å². The second-order valence-corrected chi connectivity index (χ2v) is 9.68. The summed E-state index contributed by atoms with van der Waals surface area (Å²) in [6.07, 6.45) is 5.70. The summed E-state index contributed by atoms with van der Waals surface area (Å²) >= 11 is 1.54. The third-order valence-electron chi connectivity index (χ3n) is 4.50. The lowest BCUT2D eigenvalue weighted by Gasteiger charge is -2.17. The molecule has 164 valence electrons. The molecule has 0 bridgehead atoms.